The Morgan fingerprint density at radius 2 is 1.77 bits per heavy atom. The quantitative estimate of drug-likeness (QED) is 0.248. The number of thiophene rings is 1. The van der Waals surface area contributed by atoms with Crippen molar-refractivity contribution < 1.29 is 32.0 Å². The lowest BCUT2D eigenvalue weighted by Gasteiger charge is -2.32. The number of carbonyl (C=O) groups excluding carboxylic acids is 1. The van der Waals surface area contributed by atoms with E-state index in [0.29, 0.717) is 29.9 Å². The van der Waals surface area contributed by atoms with Gasteiger partial charge in [-0.15, -0.1) is 11.3 Å². The molecule has 1 aliphatic heterocycles. The van der Waals surface area contributed by atoms with Gasteiger partial charge in [0.1, 0.15) is 6.10 Å². The van der Waals surface area contributed by atoms with Crippen molar-refractivity contribution in [2.24, 2.45) is 0 Å². The molecule has 1 N–H and O–H groups in total. The van der Waals surface area contributed by atoms with Gasteiger partial charge in [0.15, 0.2) is 11.5 Å². The summed E-state index contributed by atoms with van der Waals surface area (Å²) in [6, 6.07) is 11.9. The molecule has 1 aromatic heterocycles. The van der Waals surface area contributed by atoms with Crippen LogP contribution in [0.1, 0.15) is 37.1 Å². The Kier molecular flexibility index (Phi) is 12.7. The summed E-state index contributed by atoms with van der Waals surface area (Å²) < 4.78 is 42.2. The number of methoxy groups -OCH3 is 2. The SMILES string of the molecule is CCN(CC)CC(=O)OC1CCN(c2ccc(C=C(C#N)c3ccc(OC)c(OC)c3)s2)CC1.CS(=O)(=O)O. The minimum atomic E-state index is -3.67. The highest BCUT2D eigenvalue weighted by atomic mass is 32.2. The second-order valence-corrected chi connectivity index (χ2v) is 11.3. The molecule has 2 heterocycles. The molecule has 0 bridgehead atoms. The van der Waals surface area contributed by atoms with Gasteiger partial charge in [-0.3, -0.25) is 14.2 Å². The molecule has 2 aromatic rings. The number of nitrogens with zero attached hydrogens (tertiary/aromatic N) is 3. The van der Waals surface area contributed by atoms with Crippen molar-refractivity contribution in [1.82, 2.24) is 4.90 Å². The minimum Gasteiger partial charge on any atom is -0.493 e. The maximum absolute atomic E-state index is 12.2. The third-order valence-electron chi connectivity index (χ3n) is 6.01. The van der Waals surface area contributed by atoms with E-state index >= 15 is 0 Å². The average molecular weight is 580 g/mol. The number of benzene rings is 1. The zero-order valence-electron chi connectivity index (χ0n) is 23.0. The summed E-state index contributed by atoms with van der Waals surface area (Å²) >= 11 is 1.65. The second kappa shape index (κ2) is 15.5. The summed E-state index contributed by atoms with van der Waals surface area (Å²) in [5.74, 6) is 1.09. The summed E-state index contributed by atoms with van der Waals surface area (Å²) in [6.07, 6.45) is 4.24. The normalized spacial score (nSPS) is 14.3. The highest BCUT2D eigenvalue weighted by Crippen LogP contribution is 2.34. The molecule has 214 valence electrons. The number of ether oxygens (including phenoxy) is 3. The lowest BCUT2D eigenvalue weighted by atomic mass is 10.1. The number of piperidine rings is 1. The molecule has 1 fully saturated rings. The Hall–Kier alpha value is -3.11. The van der Waals surface area contributed by atoms with Gasteiger partial charge in [0.2, 0.25) is 0 Å². The van der Waals surface area contributed by atoms with E-state index < -0.39 is 10.1 Å². The van der Waals surface area contributed by atoms with E-state index in [1.54, 1.807) is 31.6 Å². The van der Waals surface area contributed by atoms with Crippen LogP contribution in [0.2, 0.25) is 0 Å². The molecular weight excluding hydrogens is 542 g/mol. The highest BCUT2D eigenvalue weighted by Gasteiger charge is 2.24. The van der Waals surface area contributed by atoms with Crippen molar-refractivity contribution in [2.75, 3.05) is 58.1 Å². The minimum absolute atomic E-state index is 0.0196. The van der Waals surface area contributed by atoms with Crippen LogP contribution in [0.15, 0.2) is 30.3 Å². The first-order valence-corrected chi connectivity index (χ1v) is 15.2. The van der Waals surface area contributed by atoms with Crippen LogP contribution < -0.4 is 14.4 Å². The number of likely N-dealkylation sites (N-methyl/N-ethyl adjacent to an activating group) is 1. The number of esters is 1. The summed E-state index contributed by atoms with van der Waals surface area (Å²) in [7, 11) is -0.497. The first-order valence-electron chi connectivity index (χ1n) is 12.5. The van der Waals surface area contributed by atoms with Gasteiger partial charge in [0, 0.05) is 30.8 Å². The number of hydrogen-bond donors (Lipinski definition) is 1. The predicted octanol–water partition coefficient (Wildman–Crippen LogP) is 4.19. The van der Waals surface area contributed by atoms with Gasteiger partial charge < -0.3 is 19.1 Å². The summed E-state index contributed by atoms with van der Waals surface area (Å²) in [6.45, 7) is 7.83. The third-order valence-corrected chi connectivity index (χ3v) is 7.11. The van der Waals surface area contributed by atoms with Crippen molar-refractivity contribution in [1.29, 1.82) is 5.26 Å². The van der Waals surface area contributed by atoms with Gasteiger partial charge in [0.05, 0.1) is 43.7 Å². The average Bonchev–Trinajstić information content (AvgIpc) is 3.38. The van der Waals surface area contributed by atoms with Gasteiger partial charge in [-0.1, -0.05) is 13.8 Å². The highest BCUT2D eigenvalue weighted by molar-refractivity contribution is 7.85. The topological polar surface area (TPSA) is 129 Å². The van der Waals surface area contributed by atoms with Crippen molar-refractivity contribution in [3.63, 3.8) is 0 Å². The van der Waals surface area contributed by atoms with Gasteiger partial charge in [-0.2, -0.15) is 13.7 Å². The maximum atomic E-state index is 12.2. The molecule has 39 heavy (non-hydrogen) atoms. The molecule has 0 saturated carbocycles. The Labute approximate surface area is 235 Å². The fraction of sp³-hybridized carbons (Fsp3) is 0.481. The molecule has 1 saturated heterocycles. The largest absolute Gasteiger partial charge is 0.493 e. The van der Waals surface area contributed by atoms with Crippen molar-refractivity contribution in [3.05, 3.63) is 40.8 Å². The van der Waals surface area contributed by atoms with E-state index in [-0.39, 0.29) is 12.1 Å². The molecule has 12 heteroatoms. The van der Waals surface area contributed by atoms with Crippen LogP contribution >= 0.6 is 11.3 Å². The molecule has 1 aromatic carbocycles. The van der Waals surface area contributed by atoms with Crippen molar-refractivity contribution in [3.8, 4) is 17.6 Å². The van der Waals surface area contributed by atoms with Gasteiger partial charge in [0.25, 0.3) is 10.1 Å². The molecule has 1 aliphatic rings. The monoisotopic (exact) mass is 579 g/mol. The van der Waals surface area contributed by atoms with Crippen molar-refractivity contribution >= 4 is 44.1 Å². The van der Waals surface area contributed by atoms with Crippen LogP contribution in [0.5, 0.6) is 11.5 Å². The van der Waals surface area contributed by atoms with E-state index in [1.807, 2.05) is 38.1 Å². The van der Waals surface area contributed by atoms with E-state index in [2.05, 4.69) is 21.9 Å². The van der Waals surface area contributed by atoms with Crippen molar-refractivity contribution in [2.45, 2.75) is 32.8 Å². The first kappa shape index (κ1) is 32.1. The molecule has 10 nitrogen and oxygen atoms in total. The van der Waals surface area contributed by atoms with E-state index in [1.165, 1.54) is 0 Å². The van der Waals surface area contributed by atoms with Crippen LogP contribution in [0, 0.1) is 11.3 Å². The number of allylic oxidation sites excluding steroid dienone is 1. The molecular formula is C27H37N3O7S2. The number of hydrogen-bond acceptors (Lipinski definition) is 10. The van der Waals surface area contributed by atoms with Gasteiger partial charge >= 0.3 is 5.97 Å². The smallest absolute Gasteiger partial charge is 0.320 e. The lowest BCUT2D eigenvalue weighted by Crippen LogP contribution is -2.39. The maximum Gasteiger partial charge on any atom is 0.320 e. The zero-order chi connectivity index (χ0) is 29.0. The number of rotatable bonds is 10. The van der Waals surface area contributed by atoms with Crippen LogP contribution in [0.3, 0.4) is 0 Å². The summed E-state index contributed by atoms with van der Waals surface area (Å²) in [5.41, 5.74) is 1.34. The fourth-order valence-corrected chi connectivity index (χ4v) is 4.97. The van der Waals surface area contributed by atoms with E-state index in [4.69, 9.17) is 18.8 Å². The first-order chi connectivity index (χ1) is 18.5. The Morgan fingerprint density at radius 3 is 2.31 bits per heavy atom. The summed E-state index contributed by atoms with van der Waals surface area (Å²) in [4.78, 5) is 17.6. The zero-order valence-corrected chi connectivity index (χ0v) is 24.7. The fourth-order valence-electron chi connectivity index (χ4n) is 3.96. The van der Waals surface area contributed by atoms with Crippen LogP contribution in [-0.2, 0) is 19.6 Å². The van der Waals surface area contributed by atoms with E-state index in [0.717, 1.165) is 54.5 Å². The third kappa shape index (κ3) is 10.9. The molecule has 0 aliphatic carbocycles. The summed E-state index contributed by atoms with van der Waals surface area (Å²) in [5, 5.41) is 10.9. The van der Waals surface area contributed by atoms with Crippen LogP contribution in [0.25, 0.3) is 11.6 Å². The van der Waals surface area contributed by atoms with Crippen LogP contribution in [0.4, 0.5) is 5.00 Å². The van der Waals surface area contributed by atoms with E-state index in [9.17, 15) is 18.5 Å². The molecule has 0 amide bonds. The molecule has 0 unspecified atom stereocenters. The number of carbonyl (C=O) groups is 1. The lowest BCUT2D eigenvalue weighted by molar-refractivity contribution is -0.151. The molecule has 0 radical (unpaired) electrons. The molecule has 0 atom stereocenters. The Morgan fingerprint density at radius 1 is 1.15 bits per heavy atom. The predicted molar refractivity (Wildman–Crippen MR) is 154 cm³/mol. The molecule has 0 spiro atoms. The number of anilines is 1. The Bertz CT molecular complexity index is 1250. The standard InChI is InChI=1S/C26H33N3O4S.CH4O3S/c1-5-28(6-2)18-26(30)33-21-11-13-29(14-12-21)25-10-8-22(34-25)15-20(17-27)19-7-9-23(31-3)24(16-19)32-4;1-5(2,3)4/h7-10,15-16,21H,5-6,11-14,18H2,1-4H3;1H3,(H,2,3,4). The van der Waals surface area contributed by atoms with Gasteiger partial charge in [-0.25, -0.2) is 0 Å². The van der Waals surface area contributed by atoms with Crippen LogP contribution in [-0.4, -0.2) is 83.1 Å². The molecule has 3 rings (SSSR count). The Balaban J connectivity index is 0.000000976. The van der Waals surface area contributed by atoms with Gasteiger partial charge in [-0.05, 0) is 55.1 Å². The second-order valence-electron chi connectivity index (χ2n) is 8.79. The number of nitriles is 1.